The highest BCUT2D eigenvalue weighted by Crippen LogP contribution is 2.25. The topological polar surface area (TPSA) is 49.4 Å². The third kappa shape index (κ3) is 8.20. The van der Waals surface area contributed by atoms with E-state index in [1.54, 1.807) is 0 Å². The summed E-state index contributed by atoms with van der Waals surface area (Å²) in [6.07, 6.45) is 5.01. The Morgan fingerprint density at radius 2 is 1.61 bits per heavy atom. The summed E-state index contributed by atoms with van der Waals surface area (Å²) in [5.74, 6) is 0.187. The molecule has 1 N–H and O–H groups in total. The molecular formula is C27H38N2O2. The molecule has 168 valence electrons. The Balaban J connectivity index is 1.98. The lowest BCUT2D eigenvalue weighted by molar-refractivity contribution is -0.138. The molecular weight excluding hydrogens is 384 g/mol. The standard InChI is InChI=1S/C27H38N2O2/c1-4-6-15-24(5-2)27(31)29(22(3)25-16-11-8-12-17-25)21-19-26(30)28-20-18-23-13-9-7-10-14-23/h7-14,16-17,22,24H,4-6,15,18-21H2,1-3H3,(H,28,30). The van der Waals surface area contributed by atoms with Crippen molar-refractivity contribution in [2.45, 2.75) is 65.3 Å². The largest absolute Gasteiger partial charge is 0.356 e. The summed E-state index contributed by atoms with van der Waals surface area (Å²) in [4.78, 5) is 27.8. The highest BCUT2D eigenvalue weighted by atomic mass is 16.2. The number of hydrogen-bond acceptors (Lipinski definition) is 2. The van der Waals surface area contributed by atoms with E-state index in [4.69, 9.17) is 0 Å². The summed E-state index contributed by atoms with van der Waals surface area (Å²) in [7, 11) is 0. The normalized spacial score (nSPS) is 12.7. The smallest absolute Gasteiger partial charge is 0.226 e. The molecule has 0 aliphatic carbocycles. The van der Waals surface area contributed by atoms with Crippen molar-refractivity contribution in [1.82, 2.24) is 10.2 Å². The molecule has 31 heavy (non-hydrogen) atoms. The zero-order chi connectivity index (χ0) is 22.5. The molecule has 0 bridgehead atoms. The zero-order valence-electron chi connectivity index (χ0n) is 19.3. The second kappa shape index (κ2) is 13.6. The molecule has 2 amide bonds. The molecule has 2 unspecified atom stereocenters. The van der Waals surface area contributed by atoms with E-state index in [2.05, 4.69) is 50.4 Å². The van der Waals surface area contributed by atoms with Crippen LogP contribution in [0.2, 0.25) is 0 Å². The average molecular weight is 423 g/mol. The Labute approximate surface area is 188 Å². The van der Waals surface area contributed by atoms with Crippen molar-refractivity contribution in [2.24, 2.45) is 5.92 Å². The summed E-state index contributed by atoms with van der Waals surface area (Å²) in [5, 5.41) is 3.00. The average Bonchev–Trinajstić information content (AvgIpc) is 2.81. The summed E-state index contributed by atoms with van der Waals surface area (Å²) in [5.41, 5.74) is 2.31. The van der Waals surface area contributed by atoms with Crippen LogP contribution in [-0.2, 0) is 16.0 Å². The van der Waals surface area contributed by atoms with Crippen molar-refractivity contribution >= 4 is 11.8 Å². The first kappa shape index (κ1) is 24.6. The summed E-state index contributed by atoms with van der Waals surface area (Å²) >= 11 is 0. The van der Waals surface area contributed by atoms with Gasteiger partial charge in [0, 0.05) is 25.4 Å². The van der Waals surface area contributed by atoms with Gasteiger partial charge in [-0.1, -0.05) is 87.4 Å². The van der Waals surface area contributed by atoms with Gasteiger partial charge in [0.25, 0.3) is 0 Å². The van der Waals surface area contributed by atoms with Crippen molar-refractivity contribution in [3.63, 3.8) is 0 Å². The quantitative estimate of drug-likeness (QED) is 0.461. The molecule has 4 heteroatoms. The van der Waals surface area contributed by atoms with Crippen LogP contribution < -0.4 is 5.32 Å². The first-order valence-electron chi connectivity index (χ1n) is 11.7. The maximum atomic E-state index is 13.4. The van der Waals surface area contributed by atoms with Gasteiger partial charge in [0.15, 0.2) is 0 Å². The molecule has 0 aliphatic heterocycles. The van der Waals surface area contributed by atoms with Crippen molar-refractivity contribution in [3.8, 4) is 0 Å². The number of benzene rings is 2. The van der Waals surface area contributed by atoms with Crippen LogP contribution in [0.3, 0.4) is 0 Å². The molecule has 0 saturated carbocycles. The molecule has 2 rings (SSSR count). The lowest BCUT2D eigenvalue weighted by Crippen LogP contribution is -2.40. The van der Waals surface area contributed by atoms with Crippen molar-refractivity contribution < 1.29 is 9.59 Å². The van der Waals surface area contributed by atoms with Gasteiger partial charge in [-0.05, 0) is 37.3 Å². The Hall–Kier alpha value is -2.62. The molecule has 2 atom stereocenters. The van der Waals surface area contributed by atoms with Crippen LogP contribution in [0.15, 0.2) is 60.7 Å². The minimum atomic E-state index is -0.0542. The Kier molecular flexibility index (Phi) is 10.8. The predicted octanol–water partition coefficient (Wildman–Crippen LogP) is 5.54. The van der Waals surface area contributed by atoms with Gasteiger partial charge in [-0.15, -0.1) is 0 Å². The van der Waals surface area contributed by atoms with Crippen LogP contribution >= 0.6 is 0 Å². The van der Waals surface area contributed by atoms with Gasteiger partial charge in [0.2, 0.25) is 11.8 Å². The van der Waals surface area contributed by atoms with Gasteiger partial charge < -0.3 is 10.2 Å². The molecule has 4 nitrogen and oxygen atoms in total. The van der Waals surface area contributed by atoms with E-state index >= 15 is 0 Å². The second-order valence-corrected chi connectivity index (χ2v) is 8.20. The minimum absolute atomic E-state index is 0.00407. The van der Waals surface area contributed by atoms with E-state index in [0.29, 0.717) is 19.5 Å². The van der Waals surface area contributed by atoms with Crippen LogP contribution in [0.25, 0.3) is 0 Å². The van der Waals surface area contributed by atoms with E-state index in [0.717, 1.165) is 37.7 Å². The molecule has 0 aromatic heterocycles. The Bertz CT molecular complexity index is 776. The summed E-state index contributed by atoms with van der Waals surface area (Å²) in [6.45, 7) is 7.35. The van der Waals surface area contributed by atoms with Gasteiger partial charge in [-0.25, -0.2) is 0 Å². The van der Waals surface area contributed by atoms with Crippen LogP contribution in [-0.4, -0.2) is 29.8 Å². The van der Waals surface area contributed by atoms with E-state index in [1.807, 2.05) is 41.3 Å². The predicted molar refractivity (Wildman–Crippen MR) is 128 cm³/mol. The molecule has 0 aliphatic rings. The fourth-order valence-electron chi connectivity index (χ4n) is 3.89. The molecule has 2 aromatic carbocycles. The SMILES string of the molecule is CCCCC(CC)C(=O)N(CCC(=O)NCCc1ccccc1)C(C)c1ccccc1. The van der Waals surface area contributed by atoms with Crippen molar-refractivity contribution in [3.05, 3.63) is 71.8 Å². The number of rotatable bonds is 13. The Morgan fingerprint density at radius 3 is 2.23 bits per heavy atom. The fourth-order valence-corrected chi connectivity index (χ4v) is 3.89. The molecule has 0 fully saturated rings. The number of carbonyl (C=O) groups excluding carboxylic acids is 2. The number of amides is 2. The van der Waals surface area contributed by atoms with Crippen LogP contribution in [0.4, 0.5) is 0 Å². The highest BCUT2D eigenvalue weighted by molar-refractivity contribution is 5.81. The summed E-state index contributed by atoms with van der Waals surface area (Å²) < 4.78 is 0. The second-order valence-electron chi connectivity index (χ2n) is 8.20. The molecule has 0 saturated heterocycles. The van der Waals surface area contributed by atoms with Crippen LogP contribution in [0, 0.1) is 5.92 Å². The fraction of sp³-hybridized carbons (Fsp3) is 0.481. The van der Waals surface area contributed by atoms with Gasteiger partial charge in [-0.3, -0.25) is 9.59 Å². The summed E-state index contributed by atoms with van der Waals surface area (Å²) in [6, 6.07) is 20.2. The van der Waals surface area contributed by atoms with E-state index in [1.165, 1.54) is 5.56 Å². The van der Waals surface area contributed by atoms with Gasteiger partial charge in [-0.2, -0.15) is 0 Å². The monoisotopic (exact) mass is 422 g/mol. The van der Waals surface area contributed by atoms with Crippen molar-refractivity contribution in [2.75, 3.05) is 13.1 Å². The van der Waals surface area contributed by atoms with Gasteiger partial charge in [0.1, 0.15) is 0 Å². The molecule has 0 spiro atoms. The van der Waals surface area contributed by atoms with E-state index < -0.39 is 0 Å². The van der Waals surface area contributed by atoms with Crippen molar-refractivity contribution in [1.29, 1.82) is 0 Å². The third-order valence-electron chi connectivity index (χ3n) is 5.94. The number of nitrogens with zero attached hydrogens (tertiary/aromatic N) is 1. The van der Waals surface area contributed by atoms with Gasteiger partial charge >= 0.3 is 0 Å². The number of hydrogen-bond donors (Lipinski definition) is 1. The van der Waals surface area contributed by atoms with Gasteiger partial charge in [0.05, 0.1) is 6.04 Å². The lowest BCUT2D eigenvalue weighted by atomic mass is 9.96. The van der Waals surface area contributed by atoms with E-state index in [9.17, 15) is 9.59 Å². The first-order chi connectivity index (χ1) is 15.1. The van der Waals surface area contributed by atoms with Crippen LogP contribution in [0.5, 0.6) is 0 Å². The van der Waals surface area contributed by atoms with Crippen LogP contribution in [0.1, 0.15) is 70.0 Å². The maximum absolute atomic E-state index is 13.4. The minimum Gasteiger partial charge on any atom is -0.356 e. The highest BCUT2D eigenvalue weighted by Gasteiger charge is 2.27. The third-order valence-corrected chi connectivity index (χ3v) is 5.94. The first-order valence-corrected chi connectivity index (χ1v) is 11.7. The molecule has 0 radical (unpaired) electrons. The number of carbonyl (C=O) groups is 2. The zero-order valence-corrected chi connectivity index (χ0v) is 19.3. The molecule has 2 aromatic rings. The molecule has 0 heterocycles. The number of unbranched alkanes of at least 4 members (excludes halogenated alkanes) is 1. The number of nitrogens with one attached hydrogen (secondary N) is 1. The maximum Gasteiger partial charge on any atom is 0.226 e. The Morgan fingerprint density at radius 1 is 0.968 bits per heavy atom. The van der Waals surface area contributed by atoms with E-state index in [-0.39, 0.29) is 23.8 Å². The lowest BCUT2D eigenvalue weighted by Gasteiger charge is -2.32.